The van der Waals surface area contributed by atoms with Crippen LogP contribution in [0.3, 0.4) is 0 Å². The van der Waals surface area contributed by atoms with Gasteiger partial charge in [-0.3, -0.25) is 0 Å². The second-order valence-corrected chi connectivity index (χ2v) is 4.36. The van der Waals surface area contributed by atoms with Gasteiger partial charge in [0.2, 0.25) is 0 Å². The van der Waals surface area contributed by atoms with Gasteiger partial charge >= 0.3 is 0 Å². The van der Waals surface area contributed by atoms with Crippen molar-refractivity contribution in [3.63, 3.8) is 0 Å². The number of nitrogens with two attached hydrogens (primary N) is 2. The molecule has 0 amide bonds. The molecular formula is C10H15ClN4. The lowest BCUT2D eigenvalue weighted by Gasteiger charge is -2.20. The zero-order valence-corrected chi connectivity index (χ0v) is 9.30. The minimum absolute atomic E-state index is 0.281. The van der Waals surface area contributed by atoms with Gasteiger partial charge in [-0.25, -0.2) is 9.97 Å². The van der Waals surface area contributed by atoms with Gasteiger partial charge in [0.05, 0.1) is 0 Å². The number of halogens is 1. The summed E-state index contributed by atoms with van der Waals surface area (Å²) in [5.74, 6) is 1.46. The first-order valence-electron chi connectivity index (χ1n) is 5.27. The first kappa shape index (κ1) is 10.5. The maximum atomic E-state index is 5.88. The summed E-state index contributed by atoms with van der Waals surface area (Å²) in [5, 5.41) is 0.281. The molecule has 0 aliphatic heterocycles. The van der Waals surface area contributed by atoms with Crippen molar-refractivity contribution in [1.82, 2.24) is 9.97 Å². The molecule has 2 rings (SSSR count). The molecular weight excluding hydrogens is 212 g/mol. The zero-order chi connectivity index (χ0) is 10.8. The van der Waals surface area contributed by atoms with E-state index in [0.29, 0.717) is 11.7 Å². The number of rotatable bonds is 1. The van der Waals surface area contributed by atoms with Crippen molar-refractivity contribution in [3.05, 3.63) is 11.0 Å². The van der Waals surface area contributed by atoms with Gasteiger partial charge in [0.15, 0.2) is 11.0 Å². The minimum atomic E-state index is 0.281. The van der Waals surface area contributed by atoms with Crippen LogP contribution < -0.4 is 11.5 Å². The second kappa shape index (κ2) is 4.23. The fourth-order valence-corrected chi connectivity index (χ4v) is 2.20. The average Bonchev–Trinajstić information content (AvgIpc) is 2.26. The average molecular weight is 227 g/mol. The Morgan fingerprint density at radius 1 is 1.07 bits per heavy atom. The zero-order valence-electron chi connectivity index (χ0n) is 8.54. The maximum Gasteiger partial charge on any atom is 0.157 e. The molecule has 0 radical (unpaired) electrons. The summed E-state index contributed by atoms with van der Waals surface area (Å²) in [6, 6.07) is 0. The predicted molar refractivity (Wildman–Crippen MR) is 61.7 cm³/mol. The summed E-state index contributed by atoms with van der Waals surface area (Å²) in [6.07, 6.45) is 6.01. The first-order valence-corrected chi connectivity index (χ1v) is 5.64. The van der Waals surface area contributed by atoms with Gasteiger partial charge in [0, 0.05) is 5.92 Å². The number of hydrogen-bond donors (Lipinski definition) is 2. The van der Waals surface area contributed by atoms with Crippen molar-refractivity contribution < 1.29 is 0 Å². The highest BCUT2D eigenvalue weighted by Gasteiger charge is 2.20. The first-order chi connectivity index (χ1) is 7.18. The van der Waals surface area contributed by atoms with Crippen LogP contribution in [0.15, 0.2) is 0 Å². The van der Waals surface area contributed by atoms with Crippen LogP contribution in [0.1, 0.15) is 43.8 Å². The maximum absolute atomic E-state index is 5.88. The number of nitrogens with zero attached hydrogens (tertiary/aromatic N) is 2. The fraction of sp³-hybridized carbons (Fsp3) is 0.600. The molecule has 15 heavy (non-hydrogen) atoms. The summed E-state index contributed by atoms with van der Waals surface area (Å²) < 4.78 is 0. The SMILES string of the molecule is Nc1nc(C2CCCCC2)nc(Cl)c1N. The Hall–Kier alpha value is -1.03. The topological polar surface area (TPSA) is 77.8 Å². The molecule has 1 fully saturated rings. The van der Waals surface area contributed by atoms with E-state index in [1.54, 1.807) is 0 Å². The minimum Gasteiger partial charge on any atom is -0.393 e. The number of anilines is 2. The molecule has 1 aliphatic carbocycles. The Balaban J connectivity index is 2.27. The van der Waals surface area contributed by atoms with Crippen LogP contribution in [0, 0.1) is 0 Å². The lowest BCUT2D eigenvalue weighted by atomic mass is 9.89. The molecule has 5 heteroatoms. The van der Waals surface area contributed by atoms with Crippen LogP contribution in [-0.2, 0) is 0 Å². The number of aromatic nitrogens is 2. The molecule has 0 bridgehead atoms. The molecule has 1 aliphatic rings. The molecule has 1 aromatic heterocycles. The molecule has 1 saturated carbocycles. The van der Waals surface area contributed by atoms with E-state index >= 15 is 0 Å². The smallest absolute Gasteiger partial charge is 0.157 e. The van der Waals surface area contributed by atoms with Crippen LogP contribution in [0.4, 0.5) is 11.5 Å². The lowest BCUT2D eigenvalue weighted by Crippen LogP contribution is -2.11. The van der Waals surface area contributed by atoms with Gasteiger partial charge in [-0.1, -0.05) is 30.9 Å². The van der Waals surface area contributed by atoms with Gasteiger partial charge < -0.3 is 11.5 Å². The standard InChI is InChI=1S/C10H15ClN4/c11-8-7(12)9(13)15-10(14-8)6-4-2-1-3-5-6/h6H,1-5,12H2,(H2,13,14,15). The van der Waals surface area contributed by atoms with Gasteiger partial charge in [-0.2, -0.15) is 0 Å². The normalized spacial score (nSPS) is 17.9. The Labute approximate surface area is 94.0 Å². The highest BCUT2D eigenvalue weighted by atomic mass is 35.5. The molecule has 0 unspecified atom stereocenters. The van der Waals surface area contributed by atoms with E-state index in [2.05, 4.69) is 9.97 Å². The monoisotopic (exact) mass is 226 g/mol. The van der Waals surface area contributed by atoms with Gasteiger partial charge in [-0.15, -0.1) is 0 Å². The molecule has 1 aromatic rings. The summed E-state index contributed by atoms with van der Waals surface area (Å²) in [5.41, 5.74) is 11.6. The van der Waals surface area contributed by atoms with Crippen LogP contribution in [-0.4, -0.2) is 9.97 Å². The molecule has 0 saturated heterocycles. The molecule has 82 valence electrons. The third kappa shape index (κ3) is 2.15. The molecule has 4 nitrogen and oxygen atoms in total. The van der Waals surface area contributed by atoms with Crippen LogP contribution in [0.25, 0.3) is 0 Å². The van der Waals surface area contributed by atoms with Crippen molar-refractivity contribution in [2.45, 2.75) is 38.0 Å². The summed E-state index contributed by atoms with van der Waals surface area (Å²) in [4.78, 5) is 8.42. The quantitative estimate of drug-likeness (QED) is 0.721. The van der Waals surface area contributed by atoms with Crippen LogP contribution >= 0.6 is 11.6 Å². The highest BCUT2D eigenvalue weighted by Crippen LogP contribution is 2.33. The summed E-state index contributed by atoms with van der Waals surface area (Å²) >= 11 is 5.88. The van der Waals surface area contributed by atoms with Crippen LogP contribution in [0.5, 0.6) is 0 Å². The molecule has 0 spiro atoms. The summed E-state index contributed by atoms with van der Waals surface area (Å²) in [7, 11) is 0. The van der Waals surface area contributed by atoms with E-state index in [1.165, 1.54) is 19.3 Å². The molecule has 0 atom stereocenters. The Morgan fingerprint density at radius 3 is 2.33 bits per heavy atom. The van der Waals surface area contributed by atoms with E-state index < -0.39 is 0 Å². The number of nitrogen functional groups attached to an aromatic ring is 2. The predicted octanol–water partition coefficient (Wildman–Crippen LogP) is 2.34. The lowest BCUT2D eigenvalue weighted by molar-refractivity contribution is 0.429. The van der Waals surface area contributed by atoms with Crippen molar-refractivity contribution >= 4 is 23.1 Å². The molecule has 4 N–H and O–H groups in total. The molecule has 1 heterocycles. The van der Waals surface area contributed by atoms with Crippen molar-refractivity contribution in [1.29, 1.82) is 0 Å². The van der Waals surface area contributed by atoms with E-state index in [1.807, 2.05) is 0 Å². The Morgan fingerprint density at radius 2 is 1.73 bits per heavy atom. The Kier molecular flexibility index (Phi) is 2.95. The van der Waals surface area contributed by atoms with E-state index in [-0.39, 0.29) is 10.8 Å². The third-order valence-corrected chi connectivity index (χ3v) is 3.20. The fourth-order valence-electron chi connectivity index (χ4n) is 2.02. The van der Waals surface area contributed by atoms with Crippen molar-refractivity contribution in [3.8, 4) is 0 Å². The largest absolute Gasteiger partial charge is 0.393 e. The molecule has 0 aromatic carbocycles. The van der Waals surface area contributed by atoms with Gasteiger partial charge in [0.1, 0.15) is 11.5 Å². The highest BCUT2D eigenvalue weighted by molar-refractivity contribution is 6.32. The van der Waals surface area contributed by atoms with E-state index in [0.717, 1.165) is 18.7 Å². The van der Waals surface area contributed by atoms with Crippen molar-refractivity contribution in [2.75, 3.05) is 11.5 Å². The second-order valence-electron chi connectivity index (χ2n) is 4.01. The van der Waals surface area contributed by atoms with E-state index in [4.69, 9.17) is 23.1 Å². The van der Waals surface area contributed by atoms with Crippen LogP contribution in [0.2, 0.25) is 5.15 Å². The summed E-state index contributed by atoms with van der Waals surface area (Å²) in [6.45, 7) is 0. The Bertz CT molecular complexity index is 337. The third-order valence-electron chi connectivity index (χ3n) is 2.92. The van der Waals surface area contributed by atoms with Gasteiger partial charge in [-0.05, 0) is 12.8 Å². The van der Waals surface area contributed by atoms with Gasteiger partial charge in [0.25, 0.3) is 0 Å². The van der Waals surface area contributed by atoms with E-state index in [9.17, 15) is 0 Å². The van der Waals surface area contributed by atoms with Crippen molar-refractivity contribution in [2.24, 2.45) is 0 Å². The number of hydrogen-bond acceptors (Lipinski definition) is 4.